The number of aliphatic hydroxyl groups excluding tert-OH is 1. The van der Waals surface area contributed by atoms with Crippen LogP contribution in [0.5, 0.6) is 0 Å². The first-order valence-electron chi connectivity index (χ1n) is 9.96. The number of nitrogens with zero attached hydrogens (tertiary/aromatic N) is 1. The molecule has 3 amide bonds. The third-order valence-electron chi connectivity index (χ3n) is 5.35. The lowest BCUT2D eigenvalue weighted by atomic mass is 9.90. The van der Waals surface area contributed by atoms with Gasteiger partial charge in [-0.1, -0.05) is 56.3 Å². The van der Waals surface area contributed by atoms with Gasteiger partial charge in [-0.3, -0.25) is 9.69 Å². The Labute approximate surface area is 175 Å². The predicted molar refractivity (Wildman–Crippen MR) is 110 cm³/mol. The second-order valence-corrected chi connectivity index (χ2v) is 8.01. The molecule has 0 aliphatic carbocycles. The van der Waals surface area contributed by atoms with Crippen LogP contribution < -0.4 is 5.32 Å². The summed E-state index contributed by atoms with van der Waals surface area (Å²) in [4.78, 5) is 26.4. The van der Waals surface area contributed by atoms with Crippen molar-refractivity contribution < 1.29 is 23.8 Å². The highest BCUT2D eigenvalue weighted by Crippen LogP contribution is 2.30. The van der Waals surface area contributed by atoms with E-state index in [1.54, 1.807) is 25.1 Å². The summed E-state index contributed by atoms with van der Waals surface area (Å²) in [6, 6.07) is 13.2. The minimum atomic E-state index is -1.19. The van der Waals surface area contributed by atoms with Crippen LogP contribution in [0.4, 0.5) is 9.18 Å². The molecule has 2 atom stereocenters. The largest absolute Gasteiger partial charge is 0.389 e. The van der Waals surface area contributed by atoms with Crippen molar-refractivity contribution >= 4 is 11.9 Å². The summed E-state index contributed by atoms with van der Waals surface area (Å²) in [6.45, 7) is 5.46. The molecule has 1 aliphatic rings. The maximum absolute atomic E-state index is 13.6. The Hall–Kier alpha value is -2.77. The minimum absolute atomic E-state index is 0.0101. The molecule has 0 aromatic heterocycles. The topological polar surface area (TPSA) is 78.9 Å². The molecule has 2 aromatic rings. The van der Waals surface area contributed by atoms with Crippen LogP contribution in [0, 0.1) is 5.82 Å². The number of carbonyl (C=O) groups excluding carboxylic acids is 2. The number of hydrogen-bond donors (Lipinski definition) is 2. The first-order valence-corrected chi connectivity index (χ1v) is 9.96. The third-order valence-corrected chi connectivity index (χ3v) is 5.35. The molecular formula is C23H27FN2O4. The molecule has 30 heavy (non-hydrogen) atoms. The molecule has 1 fully saturated rings. The van der Waals surface area contributed by atoms with Crippen LogP contribution in [0.15, 0.2) is 48.5 Å². The Bertz CT molecular complexity index is 916. The van der Waals surface area contributed by atoms with E-state index in [0.717, 1.165) is 10.5 Å². The standard InChI is InChI=1S/C23H27FN2O4/c1-15(2)16-8-10-18(11-9-16)23(3)21(28)26(22(29)25-23)12-19(27)14-30-13-17-6-4-5-7-20(17)24/h4-11,15,19,27H,12-14H2,1-3H3,(H,25,29)/t19-,23-/m1/s1. The highest BCUT2D eigenvalue weighted by molar-refractivity contribution is 6.07. The number of ether oxygens (including phenoxy) is 1. The van der Waals surface area contributed by atoms with Crippen molar-refractivity contribution in [2.75, 3.05) is 13.2 Å². The van der Waals surface area contributed by atoms with Crippen molar-refractivity contribution in [3.05, 3.63) is 71.0 Å². The second-order valence-electron chi connectivity index (χ2n) is 8.01. The number of urea groups is 1. The molecule has 0 bridgehead atoms. The molecule has 0 saturated carbocycles. The summed E-state index contributed by atoms with van der Waals surface area (Å²) in [5.41, 5.74) is 0.994. The van der Waals surface area contributed by atoms with Gasteiger partial charge in [0.15, 0.2) is 0 Å². The Balaban J connectivity index is 1.60. The van der Waals surface area contributed by atoms with Crippen LogP contribution in [0.2, 0.25) is 0 Å². The fourth-order valence-electron chi connectivity index (χ4n) is 3.44. The molecule has 6 nitrogen and oxygen atoms in total. The highest BCUT2D eigenvalue weighted by atomic mass is 19.1. The van der Waals surface area contributed by atoms with E-state index < -0.39 is 23.6 Å². The number of nitrogens with one attached hydrogen (secondary N) is 1. The third kappa shape index (κ3) is 4.52. The molecule has 1 saturated heterocycles. The average molecular weight is 414 g/mol. The van der Waals surface area contributed by atoms with E-state index in [1.807, 2.05) is 24.3 Å². The number of benzene rings is 2. The van der Waals surface area contributed by atoms with Crippen LogP contribution in [0.1, 0.15) is 43.4 Å². The molecule has 2 N–H and O–H groups in total. The lowest BCUT2D eigenvalue weighted by molar-refractivity contribution is -0.132. The van der Waals surface area contributed by atoms with Gasteiger partial charge in [0.05, 0.1) is 25.9 Å². The molecule has 160 valence electrons. The lowest BCUT2D eigenvalue weighted by Crippen LogP contribution is -2.42. The van der Waals surface area contributed by atoms with Crippen LogP contribution >= 0.6 is 0 Å². The van der Waals surface area contributed by atoms with Gasteiger partial charge in [0.2, 0.25) is 0 Å². The number of β-amino-alcohol motifs (C(OH)–C–C–N with tert-alkyl or cyclic N) is 1. The smallest absolute Gasteiger partial charge is 0.325 e. The summed E-state index contributed by atoms with van der Waals surface area (Å²) < 4.78 is 19.0. The van der Waals surface area contributed by atoms with Crippen LogP contribution in [-0.4, -0.2) is 41.2 Å². The molecule has 7 heteroatoms. The summed E-state index contributed by atoms with van der Waals surface area (Å²) in [7, 11) is 0. The molecule has 3 rings (SSSR count). The van der Waals surface area contributed by atoms with Gasteiger partial charge in [-0.25, -0.2) is 9.18 Å². The molecule has 0 unspecified atom stereocenters. The number of imide groups is 1. The first-order chi connectivity index (χ1) is 14.2. The van der Waals surface area contributed by atoms with E-state index in [1.165, 1.54) is 6.07 Å². The molecule has 1 heterocycles. The average Bonchev–Trinajstić information content (AvgIpc) is 2.93. The van der Waals surface area contributed by atoms with E-state index >= 15 is 0 Å². The fourth-order valence-corrected chi connectivity index (χ4v) is 3.44. The second kappa shape index (κ2) is 8.93. The quantitative estimate of drug-likeness (QED) is 0.650. The van der Waals surface area contributed by atoms with Crippen molar-refractivity contribution in [1.82, 2.24) is 10.2 Å². The number of aliphatic hydroxyl groups is 1. The number of carbonyl (C=O) groups is 2. The first kappa shape index (κ1) is 21.9. The summed E-state index contributed by atoms with van der Waals surface area (Å²) >= 11 is 0. The molecular weight excluding hydrogens is 387 g/mol. The molecule has 0 spiro atoms. The Morgan fingerprint density at radius 2 is 1.80 bits per heavy atom. The zero-order chi connectivity index (χ0) is 21.9. The Morgan fingerprint density at radius 3 is 2.43 bits per heavy atom. The van der Waals surface area contributed by atoms with Crippen molar-refractivity contribution in [3.63, 3.8) is 0 Å². The zero-order valence-electron chi connectivity index (χ0n) is 17.4. The van der Waals surface area contributed by atoms with Crippen LogP contribution in [0.3, 0.4) is 0 Å². The predicted octanol–water partition coefficient (Wildman–Crippen LogP) is 3.29. The Morgan fingerprint density at radius 1 is 1.13 bits per heavy atom. The van der Waals surface area contributed by atoms with Crippen molar-refractivity contribution in [3.8, 4) is 0 Å². The number of hydrogen-bond acceptors (Lipinski definition) is 4. The summed E-state index contributed by atoms with van der Waals surface area (Å²) in [5, 5.41) is 13.0. The van der Waals surface area contributed by atoms with E-state index in [-0.39, 0.29) is 25.6 Å². The van der Waals surface area contributed by atoms with Gasteiger partial charge >= 0.3 is 6.03 Å². The number of halogens is 1. The maximum Gasteiger partial charge on any atom is 0.325 e. The highest BCUT2D eigenvalue weighted by Gasteiger charge is 2.49. The summed E-state index contributed by atoms with van der Waals surface area (Å²) in [5.74, 6) is -0.463. The minimum Gasteiger partial charge on any atom is -0.389 e. The van der Waals surface area contributed by atoms with Crippen LogP contribution in [-0.2, 0) is 21.7 Å². The SMILES string of the molecule is CC(C)c1ccc([C@@]2(C)NC(=O)N(C[C@@H](O)COCc3ccccc3F)C2=O)cc1. The number of rotatable bonds is 8. The van der Waals surface area contributed by atoms with E-state index in [4.69, 9.17) is 4.74 Å². The molecule has 0 radical (unpaired) electrons. The lowest BCUT2D eigenvalue weighted by Gasteiger charge is -2.23. The van der Waals surface area contributed by atoms with Crippen molar-refractivity contribution in [2.45, 2.75) is 44.9 Å². The molecule has 2 aromatic carbocycles. The van der Waals surface area contributed by atoms with Gasteiger partial charge in [-0.2, -0.15) is 0 Å². The number of amides is 3. The van der Waals surface area contributed by atoms with Gasteiger partial charge in [-0.15, -0.1) is 0 Å². The maximum atomic E-state index is 13.6. The van der Waals surface area contributed by atoms with Gasteiger partial charge in [0.25, 0.3) is 5.91 Å². The van der Waals surface area contributed by atoms with E-state index in [9.17, 15) is 19.1 Å². The van der Waals surface area contributed by atoms with Gasteiger partial charge < -0.3 is 15.2 Å². The summed E-state index contributed by atoms with van der Waals surface area (Å²) in [6.07, 6.45) is -1.09. The zero-order valence-corrected chi connectivity index (χ0v) is 17.4. The Kier molecular flexibility index (Phi) is 6.53. The fraction of sp³-hybridized carbons (Fsp3) is 0.391. The van der Waals surface area contributed by atoms with Crippen LogP contribution in [0.25, 0.3) is 0 Å². The van der Waals surface area contributed by atoms with Gasteiger partial charge in [-0.05, 0) is 30.0 Å². The van der Waals surface area contributed by atoms with E-state index in [2.05, 4.69) is 19.2 Å². The van der Waals surface area contributed by atoms with E-state index in [0.29, 0.717) is 17.0 Å². The van der Waals surface area contributed by atoms with Crippen molar-refractivity contribution in [1.29, 1.82) is 0 Å². The van der Waals surface area contributed by atoms with Crippen molar-refractivity contribution in [2.24, 2.45) is 0 Å². The molecule has 1 aliphatic heterocycles. The van der Waals surface area contributed by atoms with Gasteiger partial charge in [0, 0.05) is 5.56 Å². The normalized spacial score (nSPS) is 20.0. The van der Waals surface area contributed by atoms with Gasteiger partial charge in [0.1, 0.15) is 11.4 Å². The monoisotopic (exact) mass is 414 g/mol.